The van der Waals surface area contributed by atoms with E-state index in [9.17, 15) is 8.78 Å². The van der Waals surface area contributed by atoms with Gasteiger partial charge in [-0.15, -0.1) is 0 Å². The van der Waals surface area contributed by atoms with Crippen molar-refractivity contribution >= 4 is 17.5 Å². The zero-order valence-corrected chi connectivity index (χ0v) is 10.9. The molecule has 0 fully saturated rings. The molecule has 1 heterocycles. The fraction of sp³-hybridized carbons (Fsp3) is 0.333. The second-order valence-corrected chi connectivity index (χ2v) is 4.47. The van der Waals surface area contributed by atoms with Crippen LogP contribution in [0.4, 0.5) is 14.6 Å². The first kappa shape index (κ1) is 12.9. The van der Waals surface area contributed by atoms with Crippen LogP contribution in [-0.4, -0.2) is 15.3 Å². The summed E-state index contributed by atoms with van der Waals surface area (Å²) in [7, 11) is 0. The van der Waals surface area contributed by atoms with Crippen LogP contribution in [0.15, 0.2) is 12.1 Å². The highest BCUT2D eigenvalue weighted by molar-refractivity contribution is 6.99. The van der Waals surface area contributed by atoms with E-state index in [2.05, 4.69) is 14.1 Å². The Bertz CT molecular complexity index is 554. The smallest absolute Gasteiger partial charge is 0.168 e. The Hall–Kier alpha value is -1.56. The molecule has 6 heteroatoms. The van der Waals surface area contributed by atoms with Gasteiger partial charge in [-0.25, -0.2) is 8.78 Å². The number of aryl methyl sites for hydroxylation is 1. The summed E-state index contributed by atoms with van der Waals surface area (Å²) in [5.41, 5.74) is 0.523. The lowest BCUT2D eigenvalue weighted by molar-refractivity contribution is 0.583. The number of benzene rings is 1. The van der Waals surface area contributed by atoms with Gasteiger partial charge in [0.15, 0.2) is 5.82 Å². The Balaban J connectivity index is 2.49. The number of hydrogen-bond acceptors (Lipinski definition) is 4. The Morgan fingerprint density at radius 2 is 2.06 bits per heavy atom. The fourth-order valence-corrected chi connectivity index (χ4v) is 2.12. The van der Waals surface area contributed by atoms with E-state index in [0.29, 0.717) is 17.9 Å². The van der Waals surface area contributed by atoms with Crippen molar-refractivity contribution in [3.63, 3.8) is 0 Å². The average molecular weight is 269 g/mol. The SMILES string of the molecule is CCCNc1nsnc1-c1c(F)ccc(C)c1F. The lowest BCUT2D eigenvalue weighted by atomic mass is 10.1. The minimum atomic E-state index is -0.620. The van der Waals surface area contributed by atoms with Crippen molar-refractivity contribution in [3.05, 3.63) is 29.3 Å². The standard InChI is InChI=1S/C12H13F2N3S/c1-3-6-15-12-11(16-18-17-12)9-8(13)5-4-7(2)10(9)14/h4-5H,3,6H2,1-2H3,(H,15,17). The normalized spacial score (nSPS) is 10.7. The second-order valence-electron chi connectivity index (χ2n) is 3.94. The lowest BCUT2D eigenvalue weighted by Crippen LogP contribution is -2.03. The molecule has 0 aliphatic carbocycles. The summed E-state index contributed by atoms with van der Waals surface area (Å²) in [4.78, 5) is 0. The quantitative estimate of drug-likeness (QED) is 0.921. The maximum atomic E-state index is 14.0. The van der Waals surface area contributed by atoms with E-state index >= 15 is 0 Å². The van der Waals surface area contributed by atoms with Gasteiger partial charge in [0.1, 0.15) is 17.3 Å². The summed E-state index contributed by atoms with van der Waals surface area (Å²) < 4.78 is 35.8. The van der Waals surface area contributed by atoms with Gasteiger partial charge in [0.05, 0.1) is 17.3 Å². The summed E-state index contributed by atoms with van der Waals surface area (Å²) in [6.07, 6.45) is 0.899. The molecule has 0 spiro atoms. The first-order valence-corrected chi connectivity index (χ1v) is 6.39. The molecule has 0 radical (unpaired) electrons. The van der Waals surface area contributed by atoms with Crippen molar-refractivity contribution in [3.8, 4) is 11.3 Å². The summed E-state index contributed by atoms with van der Waals surface area (Å²) >= 11 is 0.939. The first-order chi connectivity index (χ1) is 8.65. The number of anilines is 1. The van der Waals surface area contributed by atoms with Crippen LogP contribution in [0.3, 0.4) is 0 Å². The van der Waals surface area contributed by atoms with Crippen molar-refractivity contribution in [2.75, 3.05) is 11.9 Å². The lowest BCUT2D eigenvalue weighted by Gasteiger charge is -2.07. The zero-order valence-electron chi connectivity index (χ0n) is 10.1. The molecule has 1 aromatic carbocycles. The minimum absolute atomic E-state index is 0.109. The highest BCUT2D eigenvalue weighted by Gasteiger charge is 2.20. The summed E-state index contributed by atoms with van der Waals surface area (Å²) in [6, 6.07) is 2.66. The molecule has 1 N–H and O–H groups in total. The van der Waals surface area contributed by atoms with Crippen molar-refractivity contribution < 1.29 is 8.78 Å². The zero-order chi connectivity index (χ0) is 13.1. The summed E-state index contributed by atoms with van der Waals surface area (Å²) in [5, 5.41) is 3.02. The largest absolute Gasteiger partial charge is 0.367 e. The number of rotatable bonds is 4. The molecule has 0 amide bonds. The number of nitrogens with one attached hydrogen (secondary N) is 1. The molecule has 2 aromatic rings. The molecule has 0 unspecified atom stereocenters. The molecule has 0 saturated heterocycles. The van der Waals surface area contributed by atoms with E-state index < -0.39 is 11.6 Å². The van der Waals surface area contributed by atoms with Gasteiger partial charge in [0.25, 0.3) is 0 Å². The minimum Gasteiger partial charge on any atom is -0.367 e. The Kier molecular flexibility index (Phi) is 3.86. The van der Waals surface area contributed by atoms with Crippen molar-refractivity contribution in [1.82, 2.24) is 8.75 Å². The number of hydrogen-bond donors (Lipinski definition) is 1. The summed E-state index contributed by atoms with van der Waals surface area (Å²) in [5.74, 6) is -0.766. The van der Waals surface area contributed by atoms with E-state index in [1.54, 1.807) is 6.92 Å². The third-order valence-electron chi connectivity index (χ3n) is 2.55. The molecule has 0 bridgehead atoms. The monoisotopic (exact) mass is 269 g/mol. The van der Waals surface area contributed by atoms with E-state index in [1.165, 1.54) is 12.1 Å². The Morgan fingerprint density at radius 3 is 2.78 bits per heavy atom. The van der Waals surface area contributed by atoms with Gasteiger partial charge in [0, 0.05) is 6.54 Å². The maximum absolute atomic E-state index is 14.0. The van der Waals surface area contributed by atoms with Gasteiger partial charge in [-0.3, -0.25) is 0 Å². The van der Waals surface area contributed by atoms with Gasteiger partial charge in [-0.05, 0) is 25.0 Å². The third-order valence-corrected chi connectivity index (χ3v) is 3.08. The van der Waals surface area contributed by atoms with Crippen LogP contribution < -0.4 is 5.32 Å². The Morgan fingerprint density at radius 1 is 1.28 bits per heavy atom. The second kappa shape index (κ2) is 5.39. The van der Waals surface area contributed by atoms with Crippen molar-refractivity contribution in [2.24, 2.45) is 0 Å². The molecule has 2 rings (SSSR count). The van der Waals surface area contributed by atoms with Gasteiger partial charge in [0.2, 0.25) is 0 Å². The molecule has 1 aromatic heterocycles. The van der Waals surface area contributed by atoms with Crippen LogP contribution in [0, 0.1) is 18.6 Å². The fourth-order valence-electron chi connectivity index (χ4n) is 1.59. The number of halogens is 2. The predicted molar refractivity (Wildman–Crippen MR) is 68.8 cm³/mol. The highest BCUT2D eigenvalue weighted by atomic mass is 32.1. The summed E-state index contributed by atoms with van der Waals surface area (Å²) in [6.45, 7) is 4.28. The topological polar surface area (TPSA) is 37.8 Å². The van der Waals surface area contributed by atoms with E-state index in [-0.39, 0.29) is 11.3 Å². The maximum Gasteiger partial charge on any atom is 0.168 e. The number of nitrogens with zero attached hydrogens (tertiary/aromatic N) is 2. The third kappa shape index (κ3) is 2.33. The first-order valence-electron chi connectivity index (χ1n) is 5.66. The van der Waals surface area contributed by atoms with Crippen LogP contribution in [0.5, 0.6) is 0 Å². The van der Waals surface area contributed by atoms with Gasteiger partial charge in [-0.2, -0.15) is 8.75 Å². The highest BCUT2D eigenvalue weighted by Crippen LogP contribution is 2.31. The van der Waals surface area contributed by atoms with Gasteiger partial charge < -0.3 is 5.32 Å². The number of aromatic nitrogens is 2. The molecule has 3 nitrogen and oxygen atoms in total. The van der Waals surface area contributed by atoms with E-state index in [0.717, 1.165) is 18.1 Å². The predicted octanol–water partition coefficient (Wildman–Crippen LogP) is 3.61. The molecular weight excluding hydrogens is 256 g/mol. The van der Waals surface area contributed by atoms with Crippen LogP contribution in [-0.2, 0) is 0 Å². The molecule has 96 valence electrons. The van der Waals surface area contributed by atoms with Crippen LogP contribution in [0.1, 0.15) is 18.9 Å². The Labute approximate surface area is 108 Å². The van der Waals surface area contributed by atoms with E-state index in [4.69, 9.17) is 0 Å². The van der Waals surface area contributed by atoms with Crippen molar-refractivity contribution in [2.45, 2.75) is 20.3 Å². The average Bonchev–Trinajstić information content (AvgIpc) is 2.80. The van der Waals surface area contributed by atoms with Crippen LogP contribution in [0.25, 0.3) is 11.3 Å². The molecule has 0 saturated carbocycles. The van der Waals surface area contributed by atoms with Crippen molar-refractivity contribution in [1.29, 1.82) is 0 Å². The molecule has 0 aliphatic rings. The van der Waals surface area contributed by atoms with Gasteiger partial charge >= 0.3 is 0 Å². The molecule has 18 heavy (non-hydrogen) atoms. The molecule has 0 aliphatic heterocycles. The van der Waals surface area contributed by atoms with Crippen LogP contribution >= 0.6 is 11.7 Å². The van der Waals surface area contributed by atoms with Gasteiger partial charge in [-0.1, -0.05) is 13.0 Å². The molecular formula is C12H13F2N3S. The molecule has 0 atom stereocenters. The van der Waals surface area contributed by atoms with Crippen LogP contribution in [0.2, 0.25) is 0 Å². The van der Waals surface area contributed by atoms with E-state index in [1.807, 2.05) is 6.92 Å².